The molecule has 2 nitrogen and oxygen atoms in total. The summed E-state index contributed by atoms with van der Waals surface area (Å²) >= 11 is 0. The first-order valence-electron chi connectivity index (χ1n) is 13.0. The topological polar surface area (TPSA) is 18.5 Å². The largest absolute Gasteiger partial charge is 0.432 e. The molecule has 3 aromatic rings. The number of rotatable bonds is 6. The van der Waals surface area contributed by atoms with Gasteiger partial charge < -0.3 is 9.47 Å². The predicted molar refractivity (Wildman–Crippen MR) is 131 cm³/mol. The minimum Gasteiger partial charge on any atom is -0.428 e. The van der Waals surface area contributed by atoms with Crippen molar-refractivity contribution in [2.75, 3.05) is 6.61 Å². The molecule has 5 rings (SSSR count). The third-order valence-electron chi connectivity index (χ3n) is 7.92. The van der Waals surface area contributed by atoms with Crippen molar-refractivity contribution in [2.24, 2.45) is 11.8 Å². The summed E-state index contributed by atoms with van der Waals surface area (Å²) in [4.78, 5) is 0. The highest BCUT2D eigenvalue weighted by molar-refractivity contribution is 5.64. The second kappa shape index (κ2) is 10.8. The molecule has 0 N–H and O–H groups in total. The second-order valence-electron chi connectivity index (χ2n) is 10.4. The molecule has 39 heavy (non-hydrogen) atoms. The summed E-state index contributed by atoms with van der Waals surface area (Å²) in [5.41, 5.74) is -1.18. The molecule has 208 valence electrons. The van der Waals surface area contributed by atoms with Crippen LogP contribution in [0.4, 0.5) is 30.7 Å². The third kappa shape index (κ3) is 5.51. The van der Waals surface area contributed by atoms with E-state index in [4.69, 9.17) is 4.74 Å². The van der Waals surface area contributed by atoms with E-state index in [1.165, 1.54) is 25.7 Å². The van der Waals surface area contributed by atoms with Crippen molar-refractivity contribution < 1.29 is 40.2 Å². The maximum atomic E-state index is 14.8. The maximum absolute atomic E-state index is 14.8. The molecule has 2 fully saturated rings. The lowest BCUT2D eigenvalue weighted by Crippen LogP contribution is -2.26. The molecule has 2 unspecified atom stereocenters. The van der Waals surface area contributed by atoms with Gasteiger partial charge in [0, 0.05) is 11.6 Å². The maximum Gasteiger partial charge on any atom is 0.432 e. The predicted octanol–water partition coefficient (Wildman–Crippen LogP) is 9.14. The molecule has 1 aliphatic carbocycles. The van der Waals surface area contributed by atoms with Gasteiger partial charge in [0.25, 0.3) is 0 Å². The third-order valence-corrected chi connectivity index (χ3v) is 7.92. The van der Waals surface area contributed by atoms with Crippen LogP contribution in [0.25, 0.3) is 11.1 Å². The van der Waals surface area contributed by atoms with Crippen molar-refractivity contribution >= 4 is 0 Å². The molecule has 0 spiro atoms. The van der Waals surface area contributed by atoms with E-state index in [9.17, 15) is 30.7 Å². The zero-order valence-electron chi connectivity index (χ0n) is 21.2. The zero-order chi connectivity index (χ0) is 27.9. The van der Waals surface area contributed by atoms with Crippen LogP contribution in [0.3, 0.4) is 0 Å². The standard InChI is InChI=1S/C30H27F7O2/c1-16-26(14-24(33)29(35)28(16)34)39-30(36,37)27-22(31)12-21(13-23(27)32)18-6-8-19(9-7-18)25-11-10-20(15-38-25)17-4-2-3-5-17/h6-9,12-14,17,20,25H,2-5,10-11,15H2,1H3. The van der Waals surface area contributed by atoms with E-state index < -0.39 is 52.1 Å². The van der Waals surface area contributed by atoms with Crippen LogP contribution in [0, 0.1) is 47.8 Å². The Balaban J connectivity index is 1.32. The van der Waals surface area contributed by atoms with Gasteiger partial charge in [0.1, 0.15) is 22.9 Å². The van der Waals surface area contributed by atoms with E-state index in [1.807, 2.05) is 0 Å². The summed E-state index contributed by atoms with van der Waals surface area (Å²) in [5, 5.41) is 0. The SMILES string of the molecule is Cc1c(OC(F)(F)c2c(F)cc(-c3ccc(C4CCC(C5CCCC5)CO4)cc3)cc2F)cc(F)c(F)c1F. The summed E-state index contributed by atoms with van der Waals surface area (Å²) in [6.45, 7) is 1.58. The van der Waals surface area contributed by atoms with Crippen LogP contribution in [-0.2, 0) is 10.8 Å². The van der Waals surface area contributed by atoms with Gasteiger partial charge in [0.15, 0.2) is 17.5 Å². The molecule has 1 heterocycles. The zero-order valence-corrected chi connectivity index (χ0v) is 21.2. The molecule has 0 radical (unpaired) electrons. The first-order chi connectivity index (χ1) is 18.5. The number of hydrogen-bond donors (Lipinski definition) is 0. The fourth-order valence-electron chi connectivity index (χ4n) is 5.70. The summed E-state index contributed by atoms with van der Waals surface area (Å²) in [6.07, 6.45) is 2.34. The Kier molecular flexibility index (Phi) is 7.64. The molecule has 1 saturated carbocycles. The van der Waals surface area contributed by atoms with Gasteiger partial charge in [-0.3, -0.25) is 0 Å². The Morgan fingerprint density at radius 1 is 0.744 bits per heavy atom. The molecule has 0 aromatic heterocycles. The second-order valence-corrected chi connectivity index (χ2v) is 10.4. The summed E-state index contributed by atoms with van der Waals surface area (Å²) < 4.78 is 110. The Labute approximate surface area is 221 Å². The van der Waals surface area contributed by atoms with Crippen molar-refractivity contribution in [2.45, 2.75) is 57.7 Å². The van der Waals surface area contributed by atoms with Crippen LogP contribution < -0.4 is 4.74 Å². The number of alkyl halides is 2. The normalized spacial score (nSPS) is 20.4. The Morgan fingerprint density at radius 3 is 1.97 bits per heavy atom. The van der Waals surface area contributed by atoms with Crippen molar-refractivity contribution in [1.29, 1.82) is 0 Å². The van der Waals surface area contributed by atoms with E-state index >= 15 is 0 Å². The van der Waals surface area contributed by atoms with Crippen molar-refractivity contribution in [3.8, 4) is 16.9 Å². The van der Waals surface area contributed by atoms with E-state index in [1.54, 1.807) is 24.3 Å². The van der Waals surface area contributed by atoms with E-state index in [-0.39, 0.29) is 17.7 Å². The minimum absolute atomic E-state index is 0.0111. The van der Waals surface area contributed by atoms with Crippen LogP contribution in [0.1, 0.15) is 61.3 Å². The van der Waals surface area contributed by atoms with Crippen LogP contribution in [0.15, 0.2) is 42.5 Å². The molecule has 9 heteroatoms. The number of halogens is 7. The summed E-state index contributed by atoms with van der Waals surface area (Å²) in [6, 6.07) is 8.50. The molecule has 1 aliphatic heterocycles. The van der Waals surface area contributed by atoms with Crippen LogP contribution >= 0.6 is 0 Å². The van der Waals surface area contributed by atoms with Crippen LogP contribution in [0.5, 0.6) is 5.75 Å². The van der Waals surface area contributed by atoms with Crippen LogP contribution in [-0.4, -0.2) is 6.61 Å². The van der Waals surface area contributed by atoms with Gasteiger partial charge in [-0.2, -0.15) is 8.78 Å². The molecule has 0 amide bonds. The Hall–Kier alpha value is -3.07. The number of hydrogen-bond acceptors (Lipinski definition) is 2. The van der Waals surface area contributed by atoms with Gasteiger partial charge in [-0.15, -0.1) is 0 Å². The highest BCUT2D eigenvalue weighted by atomic mass is 19.3. The summed E-state index contributed by atoms with van der Waals surface area (Å²) in [7, 11) is 0. The molecule has 2 atom stereocenters. The van der Waals surface area contributed by atoms with Gasteiger partial charge >= 0.3 is 6.11 Å². The first kappa shape index (κ1) is 27.5. The lowest BCUT2D eigenvalue weighted by molar-refractivity contribution is -0.190. The van der Waals surface area contributed by atoms with Gasteiger partial charge in [-0.25, -0.2) is 22.0 Å². The monoisotopic (exact) mass is 552 g/mol. The molecule has 1 saturated heterocycles. The quantitative estimate of drug-likeness (QED) is 0.224. The summed E-state index contributed by atoms with van der Waals surface area (Å²) in [5.74, 6) is -8.40. The van der Waals surface area contributed by atoms with Crippen molar-refractivity contribution in [3.63, 3.8) is 0 Å². The lowest BCUT2D eigenvalue weighted by atomic mass is 9.84. The molecular formula is C30H27F7O2. The van der Waals surface area contributed by atoms with E-state index in [0.717, 1.165) is 43.4 Å². The molecular weight excluding hydrogens is 525 g/mol. The number of ether oxygens (including phenoxy) is 2. The average molecular weight is 553 g/mol. The fourth-order valence-corrected chi connectivity index (χ4v) is 5.70. The van der Waals surface area contributed by atoms with Crippen molar-refractivity contribution in [3.05, 3.63) is 88.2 Å². The van der Waals surface area contributed by atoms with Crippen molar-refractivity contribution in [1.82, 2.24) is 0 Å². The van der Waals surface area contributed by atoms with Gasteiger partial charge in [-0.05, 0) is 60.4 Å². The van der Waals surface area contributed by atoms with E-state index in [2.05, 4.69) is 4.74 Å². The molecule has 0 bridgehead atoms. The highest BCUT2D eigenvalue weighted by Crippen LogP contribution is 2.41. The van der Waals surface area contributed by atoms with Gasteiger partial charge in [0.05, 0.1) is 12.7 Å². The minimum atomic E-state index is -4.65. The smallest absolute Gasteiger partial charge is 0.428 e. The first-order valence-corrected chi connectivity index (χ1v) is 13.0. The van der Waals surface area contributed by atoms with E-state index in [0.29, 0.717) is 18.1 Å². The Bertz CT molecular complexity index is 1320. The van der Waals surface area contributed by atoms with Gasteiger partial charge in [0.2, 0.25) is 0 Å². The number of benzene rings is 3. The van der Waals surface area contributed by atoms with Crippen LogP contribution in [0.2, 0.25) is 0 Å². The van der Waals surface area contributed by atoms with Gasteiger partial charge in [-0.1, -0.05) is 49.9 Å². The average Bonchev–Trinajstić information content (AvgIpc) is 3.45. The fraction of sp³-hybridized carbons (Fsp3) is 0.400. The Morgan fingerprint density at radius 2 is 1.38 bits per heavy atom. The molecule has 2 aliphatic rings. The molecule has 3 aromatic carbocycles. The highest BCUT2D eigenvalue weighted by Gasteiger charge is 2.42. The lowest BCUT2D eigenvalue weighted by Gasteiger charge is -2.32.